The molecule has 146 valence electrons. The first kappa shape index (κ1) is 19.6. The van der Waals surface area contributed by atoms with E-state index in [1.54, 1.807) is 23.7 Å². The Morgan fingerprint density at radius 1 is 1.36 bits per heavy atom. The van der Waals surface area contributed by atoms with Gasteiger partial charge in [0.05, 0.1) is 18.3 Å². The monoisotopic (exact) mass is 405 g/mol. The molecule has 10 heteroatoms. The molecule has 2 aromatic heterocycles. The Bertz CT molecular complexity index is 1050. The van der Waals surface area contributed by atoms with Crippen molar-refractivity contribution in [2.75, 3.05) is 5.32 Å². The van der Waals surface area contributed by atoms with Gasteiger partial charge in [0.1, 0.15) is 11.9 Å². The van der Waals surface area contributed by atoms with Crippen molar-refractivity contribution in [1.82, 2.24) is 19.6 Å². The fraction of sp³-hybridized carbons (Fsp3) is 0.222. The van der Waals surface area contributed by atoms with Gasteiger partial charge >= 0.3 is 5.97 Å². The number of amides is 1. The third kappa shape index (κ3) is 4.20. The molecule has 8 nitrogen and oxygen atoms in total. The van der Waals surface area contributed by atoms with E-state index in [1.807, 2.05) is 6.92 Å². The molecular formula is C18H17ClFN5O3. The number of benzene rings is 1. The minimum absolute atomic E-state index is 0.00375. The summed E-state index contributed by atoms with van der Waals surface area (Å²) < 4.78 is 16.1. The predicted molar refractivity (Wildman–Crippen MR) is 100 cm³/mol. The van der Waals surface area contributed by atoms with Crippen LogP contribution >= 0.6 is 11.6 Å². The standard InChI is InChI=1S/C18H17ClFN5O3/c1-10-5-16(23-24(10)8-12-3-4-14(20)6-15(12)19)22-17(26)11(2)25-9-13(7-21-25)18(27)28/h3-7,9,11H,8H2,1-2H3,(H,27,28)(H,22,23,26). The Kier molecular flexibility index (Phi) is 5.46. The zero-order valence-corrected chi connectivity index (χ0v) is 15.8. The highest BCUT2D eigenvalue weighted by Crippen LogP contribution is 2.20. The quantitative estimate of drug-likeness (QED) is 0.656. The second-order valence-electron chi connectivity index (χ2n) is 6.24. The summed E-state index contributed by atoms with van der Waals surface area (Å²) in [6, 6.07) is 5.09. The first-order chi connectivity index (χ1) is 13.2. The fourth-order valence-electron chi connectivity index (χ4n) is 2.55. The second-order valence-corrected chi connectivity index (χ2v) is 6.65. The number of carboxylic acid groups (broad SMARTS) is 1. The van der Waals surface area contributed by atoms with Crippen molar-refractivity contribution in [3.63, 3.8) is 0 Å². The number of nitrogens with one attached hydrogen (secondary N) is 1. The van der Waals surface area contributed by atoms with Crippen LogP contribution in [0.5, 0.6) is 0 Å². The summed E-state index contributed by atoms with van der Waals surface area (Å²) in [5, 5.41) is 20.1. The van der Waals surface area contributed by atoms with Crippen molar-refractivity contribution in [2.45, 2.75) is 26.4 Å². The Hall–Kier alpha value is -3.20. The maximum Gasteiger partial charge on any atom is 0.338 e. The fourth-order valence-corrected chi connectivity index (χ4v) is 2.78. The summed E-state index contributed by atoms with van der Waals surface area (Å²) in [7, 11) is 0. The molecule has 0 aliphatic rings. The number of hydrogen-bond acceptors (Lipinski definition) is 4. The molecule has 0 fully saturated rings. The van der Waals surface area contributed by atoms with Gasteiger partial charge in [0.25, 0.3) is 0 Å². The summed E-state index contributed by atoms with van der Waals surface area (Å²) in [5.74, 6) is -1.60. The van der Waals surface area contributed by atoms with Crippen LogP contribution in [0, 0.1) is 12.7 Å². The van der Waals surface area contributed by atoms with Crippen LogP contribution in [0.2, 0.25) is 5.02 Å². The first-order valence-electron chi connectivity index (χ1n) is 8.31. The first-order valence-corrected chi connectivity index (χ1v) is 8.69. The number of carbonyl (C=O) groups excluding carboxylic acids is 1. The Labute approximate surface area is 164 Å². The molecule has 0 spiro atoms. The number of anilines is 1. The molecule has 0 aliphatic carbocycles. The molecule has 1 amide bonds. The van der Waals surface area contributed by atoms with E-state index in [2.05, 4.69) is 15.5 Å². The second kappa shape index (κ2) is 7.81. The van der Waals surface area contributed by atoms with Crippen LogP contribution in [0.4, 0.5) is 10.2 Å². The highest BCUT2D eigenvalue weighted by atomic mass is 35.5. The van der Waals surface area contributed by atoms with Gasteiger partial charge in [-0.1, -0.05) is 17.7 Å². The number of halogens is 2. The van der Waals surface area contributed by atoms with Gasteiger partial charge in [0, 0.05) is 23.0 Å². The van der Waals surface area contributed by atoms with E-state index < -0.39 is 23.7 Å². The number of nitrogens with zero attached hydrogens (tertiary/aromatic N) is 4. The summed E-state index contributed by atoms with van der Waals surface area (Å²) in [6.45, 7) is 3.73. The molecule has 0 aliphatic heterocycles. The highest BCUT2D eigenvalue weighted by molar-refractivity contribution is 6.31. The number of aryl methyl sites for hydroxylation is 1. The number of aromatic carboxylic acids is 1. The average molecular weight is 406 g/mol. The lowest BCUT2D eigenvalue weighted by Gasteiger charge is -2.11. The molecule has 1 unspecified atom stereocenters. The molecular weight excluding hydrogens is 389 g/mol. The number of rotatable bonds is 6. The van der Waals surface area contributed by atoms with Crippen LogP contribution in [0.25, 0.3) is 0 Å². The molecule has 3 rings (SSSR count). The lowest BCUT2D eigenvalue weighted by atomic mass is 10.2. The largest absolute Gasteiger partial charge is 0.478 e. The van der Waals surface area contributed by atoms with Crippen LogP contribution in [0.1, 0.15) is 34.6 Å². The smallest absolute Gasteiger partial charge is 0.338 e. The summed E-state index contributed by atoms with van der Waals surface area (Å²) in [4.78, 5) is 23.4. The summed E-state index contributed by atoms with van der Waals surface area (Å²) >= 11 is 6.05. The third-order valence-electron chi connectivity index (χ3n) is 4.19. The van der Waals surface area contributed by atoms with Crippen molar-refractivity contribution in [3.8, 4) is 0 Å². The zero-order valence-electron chi connectivity index (χ0n) is 15.1. The topological polar surface area (TPSA) is 102 Å². The van der Waals surface area contributed by atoms with Gasteiger partial charge in [-0.25, -0.2) is 9.18 Å². The highest BCUT2D eigenvalue weighted by Gasteiger charge is 2.19. The SMILES string of the molecule is Cc1cc(NC(=O)C(C)n2cc(C(=O)O)cn2)nn1Cc1ccc(F)cc1Cl. The van der Waals surface area contributed by atoms with Crippen molar-refractivity contribution < 1.29 is 19.1 Å². The van der Waals surface area contributed by atoms with E-state index in [1.165, 1.54) is 29.2 Å². The van der Waals surface area contributed by atoms with E-state index in [0.29, 0.717) is 22.9 Å². The number of carboxylic acids is 1. The van der Waals surface area contributed by atoms with Crippen molar-refractivity contribution >= 4 is 29.3 Å². The Morgan fingerprint density at radius 2 is 2.11 bits per heavy atom. The third-order valence-corrected chi connectivity index (χ3v) is 4.54. The van der Waals surface area contributed by atoms with Crippen LogP contribution < -0.4 is 5.32 Å². The van der Waals surface area contributed by atoms with Crippen LogP contribution in [0.3, 0.4) is 0 Å². The molecule has 2 heterocycles. The Morgan fingerprint density at radius 3 is 2.75 bits per heavy atom. The average Bonchev–Trinajstić information content (AvgIpc) is 3.24. The van der Waals surface area contributed by atoms with Gasteiger partial charge in [0.2, 0.25) is 5.91 Å². The minimum atomic E-state index is -1.12. The number of carbonyl (C=O) groups is 2. The molecule has 0 bridgehead atoms. The maximum absolute atomic E-state index is 13.2. The van der Waals surface area contributed by atoms with Crippen LogP contribution in [-0.4, -0.2) is 36.5 Å². The lowest BCUT2D eigenvalue weighted by Crippen LogP contribution is -2.24. The molecule has 0 saturated heterocycles. The number of hydrogen-bond donors (Lipinski definition) is 2. The van der Waals surface area contributed by atoms with Gasteiger partial charge in [0.15, 0.2) is 5.82 Å². The van der Waals surface area contributed by atoms with Gasteiger partial charge in [-0.05, 0) is 31.5 Å². The number of aromatic nitrogens is 4. The van der Waals surface area contributed by atoms with E-state index in [-0.39, 0.29) is 5.56 Å². The van der Waals surface area contributed by atoms with Gasteiger partial charge in [-0.2, -0.15) is 10.2 Å². The predicted octanol–water partition coefficient (Wildman–Crippen LogP) is 3.13. The molecule has 2 N–H and O–H groups in total. The van der Waals surface area contributed by atoms with Gasteiger partial charge in [-0.15, -0.1) is 0 Å². The maximum atomic E-state index is 13.2. The van der Waals surface area contributed by atoms with E-state index >= 15 is 0 Å². The normalized spacial score (nSPS) is 12.0. The van der Waals surface area contributed by atoms with E-state index in [0.717, 1.165) is 5.69 Å². The van der Waals surface area contributed by atoms with Gasteiger partial charge < -0.3 is 10.4 Å². The van der Waals surface area contributed by atoms with Crippen molar-refractivity contribution in [2.24, 2.45) is 0 Å². The molecule has 0 radical (unpaired) electrons. The molecule has 3 aromatic rings. The zero-order chi connectivity index (χ0) is 20.4. The molecule has 1 aromatic carbocycles. The van der Waals surface area contributed by atoms with Crippen LogP contribution in [0.15, 0.2) is 36.7 Å². The van der Waals surface area contributed by atoms with E-state index in [9.17, 15) is 14.0 Å². The Balaban J connectivity index is 1.71. The van der Waals surface area contributed by atoms with Crippen LogP contribution in [-0.2, 0) is 11.3 Å². The molecule has 0 saturated carbocycles. The summed E-state index contributed by atoms with van der Waals surface area (Å²) in [6.07, 6.45) is 2.46. The minimum Gasteiger partial charge on any atom is -0.478 e. The van der Waals surface area contributed by atoms with Crippen molar-refractivity contribution in [3.05, 3.63) is 64.3 Å². The van der Waals surface area contributed by atoms with E-state index in [4.69, 9.17) is 16.7 Å². The van der Waals surface area contributed by atoms with Gasteiger partial charge in [-0.3, -0.25) is 14.2 Å². The molecule has 28 heavy (non-hydrogen) atoms. The van der Waals surface area contributed by atoms with Crippen molar-refractivity contribution in [1.29, 1.82) is 0 Å². The summed E-state index contributed by atoms with van der Waals surface area (Å²) in [5.41, 5.74) is 1.46. The molecule has 1 atom stereocenters. The lowest BCUT2D eigenvalue weighted by molar-refractivity contribution is -0.119.